The van der Waals surface area contributed by atoms with Crippen LogP contribution in [0.5, 0.6) is 0 Å². The zero-order chi connectivity index (χ0) is 12.1. The van der Waals surface area contributed by atoms with Crippen LogP contribution < -0.4 is 4.72 Å². The van der Waals surface area contributed by atoms with E-state index in [9.17, 15) is 13.2 Å². The van der Waals surface area contributed by atoms with E-state index in [0.717, 1.165) is 0 Å². The summed E-state index contributed by atoms with van der Waals surface area (Å²) in [6.45, 7) is 2.83. The molecule has 2 atom stereocenters. The van der Waals surface area contributed by atoms with Crippen LogP contribution in [-0.2, 0) is 14.8 Å². The van der Waals surface area contributed by atoms with Gasteiger partial charge in [0.1, 0.15) is 0 Å². The lowest BCUT2D eigenvalue weighted by molar-refractivity contribution is -0.137. The molecule has 0 fully saturated rings. The van der Waals surface area contributed by atoms with Gasteiger partial charge in [0.05, 0.1) is 6.07 Å². The van der Waals surface area contributed by atoms with Crippen LogP contribution in [0.3, 0.4) is 0 Å². The maximum absolute atomic E-state index is 11.3. The van der Waals surface area contributed by atoms with Gasteiger partial charge in [-0.15, -0.1) is 0 Å². The highest BCUT2D eigenvalue weighted by Gasteiger charge is 2.22. The van der Waals surface area contributed by atoms with Crippen molar-refractivity contribution in [2.75, 3.05) is 0 Å². The topological polar surface area (TPSA) is 107 Å². The summed E-state index contributed by atoms with van der Waals surface area (Å²) in [6.07, 6.45) is 0.0946. The van der Waals surface area contributed by atoms with Crippen molar-refractivity contribution in [2.45, 2.75) is 38.0 Å². The maximum atomic E-state index is 11.3. The molecule has 86 valence electrons. The van der Waals surface area contributed by atoms with E-state index in [0.29, 0.717) is 0 Å². The van der Waals surface area contributed by atoms with Crippen LogP contribution in [0.15, 0.2) is 0 Å². The zero-order valence-corrected chi connectivity index (χ0v) is 9.41. The molecule has 2 N–H and O–H groups in total. The van der Waals surface area contributed by atoms with Gasteiger partial charge in [-0.25, -0.2) is 13.1 Å². The number of carboxylic acids is 1. The number of sulfonamides is 1. The van der Waals surface area contributed by atoms with Crippen molar-refractivity contribution in [1.29, 1.82) is 5.26 Å². The second-order valence-corrected chi connectivity index (χ2v) is 5.30. The SMILES string of the molecule is CC(CCC(=O)O)NS(=O)(=O)C(C)C#N. The number of hydrogen-bond acceptors (Lipinski definition) is 4. The molecule has 0 rings (SSSR count). The second kappa shape index (κ2) is 5.68. The fourth-order valence-electron chi connectivity index (χ4n) is 0.851. The molecule has 0 aliphatic heterocycles. The van der Waals surface area contributed by atoms with Crippen molar-refractivity contribution < 1.29 is 18.3 Å². The third-order valence-corrected chi connectivity index (χ3v) is 3.57. The van der Waals surface area contributed by atoms with Gasteiger partial charge in [0.15, 0.2) is 5.25 Å². The lowest BCUT2D eigenvalue weighted by Crippen LogP contribution is -2.38. The van der Waals surface area contributed by atoms with Crippen LogP contribution in [0.2, 0.25) is 0 Å². The molecule has 0 amide bonds. The Labute approximate surface area is 89.0 Å². The van der Waals surface area contributed by atoms with Crippen LogP contribution in [-0.4, -0.2) is 30.8 Å². The normalized spacial score (nSPS) is 15.3. The first-order valence-electron chi connectivity index (χ1n) is 4.42. The van der Waals surface area contributed by atoms with Gasteiger partial charge in [-0.1, -0.05) is 0 Å². The molecule has 2 unspecified atom stereocenters. The average Bonchev–Trinajstić information content (AvgIpc) is 2.12. The van der Waals surface area contributed by atoms with Crippen molar-refractivity contribution >= 4 is 16.0 Å². The van der Waals surface area contributed by atoms with Crippen molar-refractivity contribution in [3.63, 3.8) is 0 Å². The Morgan fingerprint density at radius 1 is 1.53 bits per heavy atom. The number of aliphatic carboxylic acids is 1. The number of rotatable bonds is 6. The van der Waals surface area contributed by atoms with Crippen molar-refractivity contribution in [2.24, 2.45) is 0 Å². The van der Waals surface area contributed by atoms with Crippen LogP contribution in [0.25, 0.3) is 0 Å². The largest absolute Gasteiger partial charge is 0.481 e. The fraction of sp³-hybridized carbons (Fsp3) is 0.750. The number of nitrogens with one attached hydrogen (secondary N) is 1. The van der Waals surface area contributed by atoms with E-state index in [-0.39, 0.29) is 12.8 Å². The number of nitriles is 1. The zero-order valence-electron chi connectivity index (χ0n) is 8.60. The smallest absolute Gasteiger partial charge is 0.303 e. The molecule has 0 aromatic rings. The Morgan fingerprint density at radius 2 is 2.07 bits per heavy atom. The van der Waals surface area contributed by atoms with E-state index < -0.39 is 27.3 Å². The molecule has 0 bridgehead atoms. The van der Waals surface area contributed by atoms with Crippen molar-refractivity contribution in [3.8, 4) is 6.07 Å². The Balaban J connectivity index is 4.24. The minimum atomic E-state index is -3.66. The summed E-state index contributed by atoms with van der Waals surface area (Å²) in [4.78, 5) is 10.2. The van der Waals surface area contributed by atoms with E-state index in [4.69, 9.17) is 10.4 Å². The molecule has 0 aromatic carbocycles. The molecule has 0 aromatic heterocycles. The predicted molar refractivity (Wildman–Crippen MR) is 53.5 cm³/mol. The highest BCUT2D eigenvalue weighted by Crippen LogP contribution is 2.02. The van der Waals surface area contributed by atoms with Gasteiger partial charge in [-0.05, 0) is 20.3 Å². The lowest BCUT2D eigenvalue weighted by atomic mass is 10.2. The van der Waals surface area contributed by atoms with E-state index >= 15 is 0 Å². The summed E-state index contributed by atoms with van der Waals surface area (Å²) in [6, 6.07) is 1.12. The van der Waals surface area contributed by atoms with E-state index in [2.05, 4.69) is 4.72 Å². The van der Waals surface area contributed by atoms with E-state index in [1.54, 1.807) is 13.0 Å². The highest BCUT2D eigenvalue weighted by atomic mass is 32.2. The number of hydrogen-bond donors (Lipinski definition) is 2. The first-order chi connectivity index (χ1) is 6.79. The highest BCUT2D eigenvalue weighted by molar-refractivity contribution is 7.90. The van der Waals surface area contributed by atoms with Crippen molar-refractivity contribution in [3.05, 3.63) is 0 Å². The molecule has 7 heteroatoms. The van der Waals surface area contributed by atoms with Gasteiger partial charge >= 0.3 is 5.97 Å². The van der Waals surface area contributed by atoms with Gasteiger partial charge in [0.25, 0.3) is 0 Å². The molecular weight excluding hydrogens is 220 g/mol. The first-order valence-corrected chi connectivity index (χ1v) is 5.96. The molecular formula is C8H14N2O4S. The van der Waals surface area contributed by atoms with Crippen LogP contribution in [0, 0.1) is 11.3 Å². The molecule has 0 aliphatic rings. The van der Waals surface area contributed by atoms with Crippen molar-refractivity contribution in [1.82, 2.24) is 4.72 Å². The quantitative estimate of drug-likeness (QED) is 0.676. The number of carbonyl (C=O) groups is 1. The van der Waals surface area contributed by atoms with E-state index in [1.807, 2.05) is 0 Å². The van der Waals surface area contributed by atoms with Gasteiger partial charge < -0.3 is 5.11 Å². The van der Waals surface area contributed by atoms with Gasteiger partial charge in [-0.2, -0.15) is 5.26 Å². The van der Waals surface area contributed by atoms with Crippen LogP contribution in [0.1, 0.15) is 26.7 Å². The average molecular weight is 234 g/mol. The molecule has 6 nitrogen and oxygen atoms in total. The molecule has 0 aliphatic carbocycles. The second-order valence-electron chi connectivity index (χ2n) is 3.27. The van der Waals surface area contributed by atoms with Crippen LogP contribution in [0.4, 0.5) is 0 Å². The third kappa shape index (κ3) is 5.34. The standard InChI is InChI=1S/C8H14N2O4S/c1-6(3-4-8(11)12)10-15(13,14)7(2)5-9/h6-7,10H,3-4H2,1-2H3,(H,11,12). The molecule has 0 saturated carbocycles. The molecule has 15 heavy (non-hydrogen) atoms. The lowest BCUT2D eigenvalue weighted by Gasteiger charge is -2.13. The third-order valence-electron chi connectivity index (χ3n) is 1.80. The van der Waals surface area contributed by atoms with Gasteiger partial charge in [0.2, 0.25) is 10.0 Å². The summed E-state index contributed by atoms with van der Waals surface area (Å²) in [7, 11) is -3.66. The molecule has 0 radical (unpaired) electrons. The Morgan fingerprint density at radius 3 is 2.47 bits per heavy atom. The summed E-state index contributed by atoms with van der Waals surface area (Å²) < 4.78 is 24.9. The fourth-order valence-corrected chi connectivity index (χ4v) is 1.87. The minimum absolute atomic E-state index is 0.107. The van der Waals surface area contributed by atoms with Crippen LogP contribution >= 0.6 is 0 Å². The monoisotopic (exact) mass is 234 g/mol. The number of carboxylic acid groups (broad SMARTS) is 1. The minimum Gasteiger partial charge on any atom is -0.481 e. The maximum Gasteiger partial charge on any atom is 0.303 e. The number of nitrogens with zero attached hydrogens (tertiary/aromatic N) is 1. The molecule has 0 heterocycles. The Kier molecular flexibility index (Phi) is 5.25. The summed E-state index contributed by atoms with van der Waals surface area (Å²) in [5.74, 6) is -0.977. The van der Waals surface area contributed by atoms with Gasteiger partial charge in [-0.3, -0.25) is 4.79 Å². The molecule has 0 saturated heterocycles. The first kappa shape index (κ1) is 13.9. The Bertz CT molecular complexity index is 357. The summed E-state index contributed by atoms with van der Waals surface area (Å²) in [5.41, 5.74) is 0. The van der Waals surface area contributed by atoms with Gasteiger partial charge in [0, 0.05) is 12.5 Å². The summed E-state index contributed by atoms with van der Waals surface area (Å²) >= 11 is 0. The molecule has 0 spiro atoms. The summed E-state index contributed by atoms with van der Waals surface area (Å²) in [5, 5.41) is 15.7. The van der Waals surface area contributed by atoms with E-state index in [1.165, 1.54) is 6.92 Å². The predicted octanol–water partition coefficient (Wildman–Crippen LogP) is 0.0712. The Hall–Kier alpha value is -1.13.